The zero-order valence-electron chi connectivity index (χ0n) is 20.6. The molecule has 1 saturated carbocycles. The van der Waals surface area contributed by atoms with Crippen LogP contribution in [0.4, 0.5) is 13.2 Å². The van der Waals surface area contributed by atoms with E-state index in [4.69, 9.17) is 0 Å². The quantitative estimate of drug-likeness (QED) is 0.287. The molecule has 1 aliphatic rings. The maximum Gasteiger partial charge on any atom is 0.416 e. The highest BCUT2D eigenvalue weighted by Crippen LogP contribution is 2.45. The molecular weight excluding hydrogens is 457 g/mol. The molecule has 0 aromatic heterocycles. The van der Waals surface area contributed by atoms with E-state index < -0.39 is 17.2 Å². The number of hydrogen-bond acceptors (Lipinski definition) is 2. The topological polar surface area (TPSA) is 27.0 Å². The van der Waals surface area contributed by atoms with Crippen molar-refractivity contribution >= 4 is 0 Å². The first kappa shape index (κ1) is 26.0. The number of rotatable bonds is 10. The van der Waals surface area contributed by atoms with Gasteiger partial charge in [-0.15, -0.1) is 0 Å². The van der Waals surface area contributed by atoms with Gasteiger partial charge in [0.05, 0.1) is 17.0 Å². The van der Waals surface area contributed by atoms with Crippen LogP contribution >= 0.6 is 0 Å². The van der Waals surface area contributed by atoms with Crippen molar-refractivity contribution in [2.24, 2.45) is 5.92 Å². The summed E-state index contributed by atoms with van der Waals surface area (Å²) < 4.78 is 39.5. The van der Waals surface area contributed by atoms with E-state index in [0.29, 0.717) is 6.42 Å². The lowest BCUT2D eigenvalue weighted by Crippen LogP contribution is -2.34. The van der Waals surface area contributed by atoms with Gasteiger partial charge in [-0.3, -0.25) is 4.90 Å². The average molecular weight is 491 g/mol. The van der Waals surface area contributed by atoms with Crippen LogP contribution in [-0.4, -0.2) is 11.4 Å². The normalized spacial score (nSPS) is 16.1. The van der Waals surface area contributed by atoms with Gasteiger partial charge in [0.15, 0.2) is 0 Å². The van der Waals surface area contributed by atoms with Crippen molar-refractivity contribution in [1.82, 2.24) is 4.90 Å². The highest BCUT2D eigenvalue weighted by molar-refractivity contribution is 5.37. The van der Waals surface area contributed by atoms with Gasteiger partial charge in [-0.2, -0.15) is 18.4 Å². The number of benzene rings is 3. The fraction of sp³-hybridized carbons (Fsp3) is 0.387. The van der Waals surface area contributed by atoms with Gasteiger partial charge in [-0.25, -0.2) is 0 Å². The second-order valence-electron chi connectivity index (χ2n) is 9.93. The number of alkyl halides is 3. The van der Waals surface area contributed by atoms with Crippen LogP contribution in [0, 0.1) is 17.2 Å². The molecule has 36 heavy (non-hydrogen) atoms. The number of nitrogens with zero attached hydrogens (tertiary/aromatic N) is 2. The Morgan fingerprint density at radius 2 is 1.25 bits per heavy atom. The molecule has 0 saturated heterocycles. The van der Waals surface area contributed by atoms with Crippen LogP contribution in [0.15, 0.2) is 84.9 Å². The van der Waals surface area contributed by atoms with Crippen LogP contribution in [-0.2, 0) is 24.7 Å². The zero-order valence-corrected chi connectivity index (χ0v) is 20.6. The van der Waals surface area contributed by atoms with Crippen molar-refractivity contribution in [1.29, 1.82) is 5.26 Å². The third-order valence-corrected chi connectivity index (χ3v) is 7.52. The molecule has 188 valence electrons. The molecule has 0 N–H and O–H groups in total. The van der Waals surface area contributed by atoms with Gasteiger partial charge < -0.3 is 0 Å². The molecule has 3 aromatic rings. The third-order valence-electron chi connectivity index (χ3n) is 7.52. The Hall–Kier alpha value is -3.10. The first-order valence-corrected chi connectivity index (χ1v) is 12.8. The second-order valence-corrected chi connectivity index (χ2v) is 9.93. The summed E-state index contributed by atoms with van der Waals surface area (Å²) in [6, 6.07) is 28.6. The molecule has 1 fully saturated rings. The van der Waals surface area contributed by atoms with Crippen LogP contribution in [0.25, 0.3) is 0 Å². The zero-order chi connectivity index (χ0) is 25.4. The van der Waals surface area contributed by atoms with Gasteiger partial charge in [-0.1, -0.05) is 85.6 Å². The molecule has 0 bridgehead atoms. The van der Waals surface area contributed by atoms with E-state index in [1.807, 2.05) is 36.4 Å². The van der Waals surface area contributed by atoms with Gasteiger partial charge in [0.25, 0.3) is 0 Å². The highest BCUT2D eigenvalue weighted by atomic mass is 19.4. The fourth-order valence-corrected chi connectivity index (χ4v) is 5.65. The van der Waals surface area contributed by atoms with Gasteiger partial charge in [0, 0.05) is 13.1 Å². The maximum atomic E-state index is 13.2. The number of nitriles is 1. The van der Waals surface area contributed by atoms with E-state index in [2.05, 4.69) is 35.2 Å². The predicted octanol–water partition coefficient (Wildman–Crippen LogP) is 8.14. The third kappa shape index (κ3) is 6.36. The summed E-state index contributed by atoms with van der Waals surface area (Å²) >= 11 is 0. The van der Waals surface area contributed by atoms with Gasteiger partial charge in [0.1, 0.15) is 0 Å². The van der Waals surface area contributed by atoms with Crippen LogP contribution in [0.3, 0.4) is 0 Å². The first-order chi connectivity index (χ1) is 17.4. The van der Waals surface area contributed by atoms with Crippen LogP contribution in [0.2, 0.25) is 0 Å². The molecule has 4 rings (SSSR count). The van der Waals surface area contributed by atoms with Crippen LogP contribution in [0.1, 0.15) is 60.8 Å². The molecule has 5 heteroatoms. The molecule has 0 heterocycles. The van der Waals surface area contributed by atoms with E-state index in [0.717, 1.165) is 69.4 Å². The Morgan fingerprint density at radius 3 is 1.72 bits per heavy atom. The van der Waals surface area contributed by atoms with E-state index in [1.54, 1.807) is 0 Å². The minimum atomic E-state index is -4.38. The first-order valence-electron chi connectivity index (χ1n) is 12.8. The van der Waals surface area contributed by atoms with E-state index in [9.17, 15) is 18.4 Å². The standard InChI is InChI=1S/C31H33F3N2/c32-31(33,34)29-18-16-28(17-19-29)30(24-35,27-14-7-8-15-27)20-9-21-36(22-25-10-3-1-4-11-25)23-26-12-5-2-6-13-26/h1-6,10-13,16-19,27H,7-9,14-15,20-23H2. The predicted molar refractivity (Wildman–Crippen MR) is 137 cm³/mol. The summed E-state index contributed by atoms with van der Waals surface area (Å²) in [5.74, 6) is 0.177. The molecule has 2 nitrogen and oxygen atoms in total. The molecule has 1 unspecified atom stereocenters. The monoisotopic (exact) mass is 490 g/mol. The number of halogens is 3. The lowest BCUT2D eigenvalue weighted by molar-refractivity contribution is -0.137. The summed E-state index contributed by atoms with van der Waals surface area (Å²) in [5, 5.41) is 10.5. The molecule has 1 atom stereocenters. The molecular formula is C31H33F3N2. The molecule has 3 aromatic carbocycles. The van der Waals surface area contributed by atoms with Crippen molar-refractivity contribution in [3.8, 4) is 6.07 Å². The summed E-state index contributed by atoms with van der Waals surface area (Å²) in [6.45, 7) is 2.42. The van der Waals surface area contributed by atoms with E-state index in [-0.39, 0.29) is 5.92 Å². The van der Waals surface area contributed by atoms with Gasteiger partial charge in [-0.05, 0) is 67.0 Å². The fourth-order valence-electron chi connectivity index (χ4n) is 5.65. The van der Waals surface area contributed by atoms with Crippen molar-refractivity contribution in [2.45, 2.75) is 63.2 Å². The largest absolute Gasteiger partial charge is 0.416 e. The summed E-state index contributed by atoms with van der Waals surface area (Å²) in [7, 11) is 0. The minimum absolute atomic E-state index is 0.177. The maximum absolute atomic E-state index is 13.2. The Balaban J connectivity index is 1.53. The van der Waals surface area contributed by atoms with Crippen LogP contribution in [0.5, 0.6) is 0 Å². The summed E-state index contributed by atoms with van der Waals surface area (Å²) in [5.41, 5.74) is 1.77. The summed E-state index contributed by atoms with van der Waals surface area (Å²) in [6.07, 6.45) is 1.10. The highest BCUT2D eigenvalue weighted by Gasteiger charge is 2.42. The smallest absolute Gasteiger partial charge is 0.295 e. The summed E-state index contributed by atoms with van der Waals surface area (Å²) in [4.78, 5) is 2.40. The van der Waals surface area contributed by atoms with Crippen molar-refractivity contribution < 1.29 is 13.2 Å². The van der Waals surface area contributed by atoms with E-state index in [1.165, 1.54) is 23.3 Å². The van der Waals surface area contributed by atoms with Crippen molar-refractivity contribution in [3.63, 3.8) is 0 Å². The molecule has 0 aliphatic heterocycles. The Kier molecular flexibility index (Phi) is 8.48. The van der Waals surface area contributed by atoms with Gasteiger partial charge >= 0.3 is 6.18 Å². The Morgan fingerprint density at radius 1 is 0.750 bits per heavy atom. The minimum Gasteiger partial charge on any atom is -0.295 e. The lowest BCUT2D eigenvalue weighted by atomic mass is 9.67. The van der Waals surface area contributed by atoms with Crippen molar-refractivity contribution in [3.05, 3.63) is 107 Å². The van der Waals surface area contributed by atoms with E-state index >= 15 is 0 Å². The molecule has 0 radical (unpaired) electrons. The lowest BCUT2D eigenvalue weighted by Gasteiger charge is -2.34. The molecule has 0 amide bonds. The van der Waals surface area contributed by atoms with Gasteiger partial charge in [0.2, 0.25) is 0 Å². The van der Waals surface area contributed by atoms with Crippen LogP contribution < -0.4 is 0 Å². The average Bonchev–Trinajstić information content (AvgIpc) is 3.43. The Bertz CT molecular complexity index is 1070. The number of hydrogen-bond donors (Lipinski definition) is 0. The van der Waals surface area contributed by atoms with Crippen molar-refractivity contribution in [2.75, 3.05) is 6.54 Å². The molecule has 1 aliphatic carbocycles. The Labute approximate surface area is 212 Å². The molecule has 0 spiro atoms. The second kappa shape index (κ2) is 11.8. The SMILES string of the molecule is N#CC(CCCN(Cc1ccccc1)Cc1ccccc1)(c1ccc(C(F)(F)F)cc1)C1CCCC1.